The lowest BCUT2D eigenvalue weighted by atomic mass is 10.1. The van der Waals surface area contributed by atoms with E-state index >= 15 is 0 Å². The number of carboxylic acid groups (broad SMARTS) is 1. The molecule has 0 saturated carbocycles. The highest BCUT2D eigenvalue weighted by Crippen LogP contribution is 2.27. The van der Waals surface area contributed by atoms with E-state index in [-0.39, 0.29) is 17.1 Å². The number of aromatic carboxylic acids is 1. The van der Waals surface area contributed by atoms with Gasteiger partial charge in [0.05, 0.1) is 5.75 Å². The van der Waals surface area contributed by atoms with E-state index in [1.165, 1.54) is 7.11 Å². The van der Waals surface area contributed by atoms with E-state index in [1.807, 2.05) is 0 Å². The minimum atomic E-state index is -3.45. The Hall–Kier alpha value is -1.86. The minimum Gasteiger partial charge on any atom is -0.478 e. The topological polar surface area (TPSA) is 93.8 Å². The lowest BCUT2D eigenvalue weighted by molar-refractivity contribution is 0.0697. The Balaban J connectivity index is 2.33. The average molecular weight is 312 g/mol. The van der Waals surface area contributed by atoms with Crippen molar-refractivity contribution in [2.24, 2.45) is 0 Å². The second-order valence-electron chi connectivity index (χ2n) is 4.64. The van der Waals surface area contributed by atoms with Crippen molar-refractivity contribution in [2.45, 2.75) is 12.2 Å². The highest BCUT2D eigenvalue weighted by atomic mass is 32.2. The molecule has 7 heteroatoms. The van der Waals surface area contributed by atoms with Crippen molar-refractivity contribution >= 4 is 26.8 Å². The van der Waals surface area contributed by atoms with E-state index in [0.717, 1.165) is 0 Å². The summed E-state index contributed by atoms with van der Waals surface area (Å²) in [6, 6.07) is 6.60. The highest BCUT2D eigenvalue weighted by molar-refractivity contribution is 7.90. The van der Waals surface area contributed by atoms with Gasteiger partial charge in [0.2, 0.25) is 0 Å². The molecule has 0 fully saturated rings. The molecule has 1 heterocycles. The van der Waals surface area contributed by atoms with Gasteiger partial charge >= 0.3 is 5.97 Å². The average Bonchev–Trinajstić information content (AvgIpc) is 2.75. The van der Waals surface area contributed by atoms with Crippen molar-refractivity contribution < 1.29 is 27.5 Å². The summed E-state index contributed by atoms with van der Waals surface area (Å²) in [5.41, 5.74) is 0.290. The van der Waals surface area contributed by atoms with Crippen molar-refractivity contribution in [1.29, 1.82) is 0 Å². The zero-order valence-corrected chi connectivity index (χ0v) is 12.4. The molecule has 0 radical (unpaired) electrons. The van der Waals surface area contributed by atoms with Gasteiger partial charge in [-0.05, 0) is 12.5 Å². The fourth-order valence-electron chi connectivity index (χ4n) is 2.13. The standard InChI is InChI=1S/C14H16O6S/c1-19-7-4-8-21(17,18)9-12-13(14(15)16)10-5-2-3-6-11(10)20-12/h2-3,5-6H,4,7-9H2,1H3,(H,15,16). The molecular formula is C14H16O6S. The Labute approximate surface area is 122 Å². The van der Waals surface area contributed by atoms with Crippen LogP contribution in [0.2, 0.25) is 0 Å². The first kappa shape index (κ1) is 15.5. The SMILES string of the molecule is COCCCS(=O)(=O)Cc1oc2ccccc2c1C(=O)O. The Morgan fingerprint density at radius 2 is 2.05 bits per heavy atom. The summed E-state index contributed by atoms with van der Waals surface area (Å²) in [5, 5.41) is 9.70. The van der Waals surface area contributed by atoms with Crippen LogP contribution in [-0.2, 0) is 20.3 Å². The molecule has 0 aliphatic carbocycles. The van der Waals surface area contributed by atoms with Crippen LogP contribution in [0.1, 0.15) is 22.5 Å². The summed E-state index contributed by atoms with van der Waals surface area (Å²) in [7, 11) is -1.95. The van der Waals surface area contributed by atoms with Crippen LogP contribution < -0.4 is 0 Å². The number of hydrogen-bond acceptors (Lipinski definition) is 5. The number of fused-ring (bicyclic) bond motifs is 1. The molecule has 6 nitrogen and oxygen atoms in total. The van der Waals surface area contributed by atoms with E-state index in [2.05, 4.69) is 0 Å². The number of carbonyl (C=O) groups is 1. The third-order valence-electron chi connectivity index (χ3n) is 3.04. The van der Waals surface area contributed by atoms with Gasteiger partial charge in [0.25, 0.3) is 0 Å². The van der Waals surface area contributed by atoms with Crippen molar-refractivity contribution in [3.8, 4) is 0 Å². The number of benzene rings is 1. The van der Waals surface area contributed by atoms with E-state index in [1.54, 1.807) is 24.3 Å². The maximum absolute atomic E-state index is 12.0. The molecule has 1 aromatic carbocycles. The first-order valence-electron chi connectivity index (χ1n) is 6.37. The lowest BCUT2D eigenvalue weighted by Gasteiger charge is -2.03. The molecule has 0 spiro atoms. The Morgan fingerprint density at radius 3 is 2.71 bits per heavy atom. The summed E-state index contributed by atoms with van der Waals surface area (Å²) in [5.74, 6) is -1.72. The predicted molar refractivity (Wildman–Crippen MR) is 77.2 cm³/mol. The fraction of sp³-hybridized carbons (Fsp3) is 0.357. The van der Waals surface area contributed by atoms with Gasteiger partial charge in [0, 0.05) is 19.1 Å². The predicted octanol–water partition coefficient (Wildman–Crippen LogP) is 2.08. The van der Waals surface area contributed by atoms with Gasteiger partial charge < -0.3 is 14.3 Å². The van der Waals surface area contributed by atoms with Crippen molar-refractivity contribution in [3.05, 3.63) is 35.6 Å². The van der Waals surface area contributed by atoms with E-state index < -0.39 is 21.6 Å². The molecule has 0 amide bonds. The zero-order valence-electron chi connectivity index (χ0n) is 11.5. The molecule has 21 heavy (non-hydrogen) atoms. The molecule has 0 unspecified atom stereocenters. The van der Waals surface area contributed by atoms with Gasteiger partial charge in [-0.3, -0.25) is 0 Å². The molecule has 0 bridgehead atoms. The second-order valence-corrected chi connectivity index (χ2v) is 6.82. The Bertz CT molecular complexity index is 744. The van der Waals surface area contributed by atoms with Gasteiger partial charge in [-0.2, -0.15) is 0 Å². The molecule has 0 atom stereocenters. The number of ether oxygens (including phenoxy) is 1. The summed E-state index contributed by atoms with van der Waals surface area (Å²) in [6.45, 7) is 0.338. The van der Waals surface area contributed by atoms with Crippen LogP contribution in [0.3, 0.4) is 0 Å². The van der Waals surface area contributed by atoms with Crippen LogP contribution in [0.4, 0.5) is 0 Å². The van der Waals surface area contributed by atoms with E-state index in [9.17, 15) is 18.3 Å². The van der Waals surface area contributed by atoms with Crippen LogP contribution in [0.15, 0.2) is 28.7 Å². The third-order valence-corrected chi connectivity index (χ3v) is 4.65. The quantitative estimate of drug-likeness (QED) is 0.787. The number of furan rings is 1. The second kappa shape index (κ2) is 6.28. The Morgan fingerprint density at radius 1 is 1.33 bits per heavy atom. The normalized spacial score (nSPS) is 11.9. The van der Waals surface area contributed by atoms with E-state index in [4.69, 9.17) is 9.15 Å². The van der Waals surface area contributed by atoms with Gasteiger partial charge in [-0.25, -0.2) is 13.2 Å². The fourth-order valence-corrected chi connectivity index (χ4v) is 3.43. The molecule has 2 rings (SSSR count). The number of rotatable bonds is 7. The summed E-state index contributed by atoms with van der Waals surface area (Å²) in [6.07, 6.45) is 0.363. The Kier molecular flexibility index (Phi) is 4.64. The van der Waals surface area contributed by atoms with Crippen LogP contribution in [-0.4, -0.2) is 39.0 Å². The van der Waals surface area contributed by atoms with Crippen LogP contribution in [0.5, 0.6) is 0 Å². The number of para-hydroxylation sites is 1. The molecule has 0 saturated heterocycles. The number of carboxylic acids is 1. The summed E-state index contributed by atoms with van der Waals surface area (Å²) >= 11 is 0. The van der Waals surface area contributed by atoms with Gasteiger partial charge in [0.1, 0.15) is 22.7 Å². The largest absolute Gasteiger partial charge is 0.478 e. The van der Waals surface area contributed by atoms with Crippen molar-refractivity contribution in [3.63, 3.8) is 0 Å². The van der Waals surface area contributed by atoms with Crippen LogP contribution >= 0.6 is 0 Å². The molecule has 0 aliphatic rings. The molecule has 114 valence electrons. The third kappa shape index (κ3) is 3.62. The van der Waals surface area contributed by atoms with Crippen molar-refractivity contribution in [2.75, 3.05) is 19.5 Å². The molecule has 1 N–H and O–H groups in total. The van der Waals surface area contributed by atoms with Crippen molar-refractivity contribution in [1.82, 2.24) is 0 Å². The maximum Gasteiger partial charge on any atom is 0.339 e. The number of sulfone groups is 1. The van der Waals surface area contributed by atoms with Crippen LogP contribution in [0.25, 0.3) is 11.0 Å². The number of methoxy groups -OCH3 is 1. The first-order valence-corrected chi connectivity index (χ1v) is 8.20. The monoisotopic (exact) mass is 312 g/mol. The van der Waals surface area contributed by atoms with Gasteiger partial charge in [-0.1, -0.05) is 18.2 Å². The van der Waals surface area contributed by atoms with Gasteiger partial charge in [0.15, 0.2) is 9.84 Å². The zero-order chi connectivity index (χ0) is 15.5. The first-order chi connectivity index (χ1) is 9.94. The summed E-state index contributed by atoms with van der Waals surface area (Å²) < 4.78 is 34.3. The van der Waals surface area contributed by atoms with E-state index in [0.29, 0.717) is 24.0 Å². The van der Waals surface area contributed by atoms with Gasteiger partial charge in [-0.15, -0.1) is 0 Å². The number of hydrogen-bond donors (Lipinski definition) is 1. The molecule has 0 aliphatic heterocycles. The molecule has 2 aromatic rings. The maximum atomic E-state index is 12.0. The smallest absolute Gasteiger partial charge is 0.339 e. The van der Waals surface area contributed by atoms with Crippen LogP contribution in [0, 0.1) is 0 Å². The summed E-state index contributed by atoms with van der Waals surface area (Å²) in [4.78, 5) is 11.4. The molecule has 1 aromatic heterocycles. The lowest BCUT2D eigenvalue weighted by Crippen LogP contribution is -2.12. The molecular weight excluding hydrogens is 296 g/mol. The minimum absolute atomic E-state index is 0.0267. The highest BCUT2D eigenvalue weighted by Gasteiger charge is 2.24.